The zero-order valence-corrected chi connectivity index (χ0v) is 18.8. The predicted molar refractivity (Wildman–Crippen MR) is 120 cm³/mol. The molecule has 1 aromatic carbocycles. The molecule has 4 nitrogen and oxygen atoms in total. The van der Waals surface area contributed by atoms with E-state index in [1.165, 1.54) is 30.3 Å². The largest absolute Gasteiger partial charge is 0.416 e. The SMILES string of the molecule is O=C(CN1C(=O)/C(=C\c2ccc(C(F)(F)F)cc2)SC2CCCCC21)NC1CCCCC1. The topological polar surface area (TPSA) is 49.4 Å². The number of benzene rings is 1. The Hall–Kier alpha value is -1.96. The second-order valence-corrected chi connectivity index (χ2v) is 10.3. The van der Waals surface area contributed by atoms with E-state index < -0.39 is 11.7 Å². The number of rotatable bonds is 4. The van der Waals surface area contributed by atoms with Crippen LogP contribution in [0.3, 0.4) is 0 Å². The fourth-order valence-corrected chi connectivity index (χ4v) is 6.43. The van der Waals surface area contributed by atoms with Crippen LogP contribution in [-0.2, 0) is 15.8 Å². The summed E-state index contributed by atoms with van der Waals surface area (Å²) in [6, 6.07) is 5.05. The number of amides is 2. The number of carbonyl (C=O) groups excluding carboxylic acids is 2. The summed E-state index contributed by atoms with van der Waals surface area (Å²) < 4.78 is 38.5. The number of hydrogen-bond donors (Lipinski definition) is 1. The molecule has 0 bridgehead atoms. The van der Waals surface area contributed by atoms with Crippen molar-refractivity contribution in [3.8, 4) is 0 Å². The van der Waals surface area contributed by atoms with E-state index >= 15 is 0 Å². The van der Waals surface area contributed by atoms with Crippen molar-refractivity contribution < 1.29 is 22.8 Å². The van der Waals surface area contributed by atoms with Crippen LogP contribution in [0.2, 0.25) is 0 Å². The van der Waals surface area contributed by atoms with Gasteiger partial charge in [0.05, 0.1) is 10.5 Å². The zero-order valence-electron chi connectivity index (χ0n) is 18.0. The van der Waals surface area contributed by atoms with Crippen molar-refractivity contribution in [2.75, 3.05) is 6.54 Å². The standard InChI is InChI=1S/C24H29F3N2O2S/c25-24(26,27)17-12-10-16(11-13-17)14-21-23(31)29(19-8-4-5-9-20(19)32-21)15-22(30)28-18-6-2-1-3-7-18/h10-14,18-20H,1-9,15H2,(H,28,30)/b21-14+. The molecule has 0 radical (unpaired) electrons. The van der Waals surface area contributed by atoms with Gasteiger partial charge in [0.15, 0.2) is 0 Å². The number of nitrogens with zero attached hydrogens (tertiary/aromatic N) is 1. The highest BCUT2D eigenvalue weighted by molar-refractivity contribution is 8.04. The second-order valence-electron chi connectivity index (χ2n) is 8.97. The van der Waals surface area contributed by atoms with E-state index in [4.69, 9.17) is 0 Å². The summed E-state index contributed by atoms with van der Waals surface area (Å²) in [6.07, 6.45) is 6.65. The van der Waals surface area contributed by atoms with E-state index in [1.54, 1.807) is 11.0 Å². The van der Waals surface area contributed by atoms with Crippen LogP contribution in [0.5, 0.6) is 0 Å². The molecule has 1 N–H and O–H groups in total. The van der Waals surface area contributed by atoms with Crippen LogP contribution in [0.15, 0.2) is 29.2 Å². The Morgan fingerprint density at radius 1 is 1.03 bits per heavy atom. The van der Waals surface area contributed by atoms with E-state index in [9.17, 15) is 22.8 Å². The first-order chi connectivity index (χ1) is 15.3. The summed E-state index contributed by atoms with van der Waals surface area (Å²) in [5, 5.41) is 3.31. The third-order valence-corrected chi connectivity index (χ3v) is 8.04. The van der Waals surface area contributed by atoms with Gasteiger partial charge in [-0.25, -0.2) is 0 Å². The summed E-state index contributed by atoms with van der Waals surface area (Å²) in [4.78, 5) is 28.3. The summed E-state index contributed by atoms with van der Waals surface area (Å²) in [5.74, 6) is -0.313. The zero-order chi connectivity index (χ0) is 22.7. The molecule has 1 saturated heterocycles. The summed E-state index contributed by atoms with van der Waals surface area (Å²) >= 11 is 1.51. The monoisotopic (exact) mass is 466 g/mol. The predicted octanol–water partition coefficient (Wildman–Crippen LogP) is 5.38. The van der Waals surface area contributed by atoms with Crippen molar-refractivity contribution in [3.05, 3.63) is 40.3 Å². The first-order valence-electron chi connectivity index (χ1n) is 11.5. The van der Waals surface area contributed by atoms with Gasteiger partial charge in [-0.1, -0.05) is 44.2 Å². The lowest BCUT2D eigenvalue weighted by molar-refractivity contribution is -0.137. The minimum atomic E-state index is -4.39. The van der Waals surface area contributed by atoms with E-state index in [-0.39, 0.29) is 35.7 Å². The van der Waals surface area contributed by atoms with Gasteiger partial charge in [-0.3, -0.25) is 9.59 Å². The van der Waals surface area contributed by atoms with E-state index in [0.29, 0.717) is 10.5 Å². The molecule has 2 amide bonds. The average Bonchev–Trinajstić information content (AvgIpc) is 2.77. The van der Waals surface area contributed by atoms with Crippen LogP contribution in [0.25, 0.3) is 6.08 Å². The molecule has 2 atom stereocenters. The van der Waals surface area contributed by atoms with Crippen LogP contribution in [0, 0.1) is 0 Å². The Labute approximate surface area is 191 Å². The minimum Gasteiger partial charge on any atom is -0.352 e. The number of nitrogens with one attached hydrogen (secondary N) is 1. The van der Waals surface area contributed by atoms with E-state index in [1.807, 2.05) is 0 Å². The maximum atomic E-state index is 13.3. The normalized spacial score (nSPS) is 26.2. The Bertz CT molecular complexity index is 863. The lowest BCUT2D eigenvalue weighted by Crippen LogP contribution is -2.55. The number of carbonyl (C=O) groups is 2. The Kier molecular flexibility index (Phi) is 7.17. The molecule has 3 aliphatic rings. The van der Waals surface area contributed by atoms with Gasteiger partial charge in [-0.2, -0.15) is 13.2 Å². The Balaban J connectivity index is 1.50. The molecule has 8 heteroatoms. The van der Waals surface area contributed by atoms with E-state index in [0.717, 1.165) is 63.5 Å². The molecule has 3 fully saturated rings. The van der Waals surface area contributed by atoms with Gasteiger partial charge in [0.25, 0.3) is 5.91 Å². The van der Waals surface area contributed by atoms with Gasteiger partial charge in [-0.05, 0) is 49.5 Å². The van der Waals surface area contributed by atoms with Crippen LogP contribution in [0.4, 0.5) is 13.2 Å². The molecule has 1 aromatic rings. The van der Waals surface area contributed by atoms with Gasteiger partial charge >= 0.3 is 6.18 Å². The summed E-state index contributed by atoms with van der Waals surface area (Å²) in [7, 11) is 0. The maximum Gasteiger partial charge on any atom is 0.416 e. The van der Waals surface area contributed by atoms with E-state index in [2.05, 4.69) is 5.32 Å². The number of hydrogen-bond acceptors (Lipinski definition) is 3. The first-order valence-corrected chi connectivity index (χ1v) is 12.3. The van der Waals surface area contributed by atoms with Crippen molar-refractivity contribution in [3.63, 3.8) is 0 Å². The Morgan fingerprint density at radius 2 is 1.69 bits per heavy atom. The number of alkyl halides is 3. The summed E-state index contributed by atoms with van der Waals surface area (Å²) in [5.41, 5.74) is -0.162. The van der Waals surface area contributed by atoms with Crippen molar-refractivity contribution in [1.82, 2.24) is 10.2 Å². The lowest BCUT2D eigenvalue weighted by atomic mass is 9.92. The molecule has 2 unspecified atom stereocenters. The van der Waals surface area contributed by atoms with Crippen LogP contribution >= 0.6 is 11.8 Å². The first kappa shape index (κ1) is 23.2. The highest BCUT2D eigenvalue weighted by Gasteiger charge is 2.41. The van der Waals surface area contributed by atoms with Crippen molar-refractivity contribution >= 4 is 29.7 Å². The maximum absolute atomic E-state index is 13.3. The molecule has 174 valence electrons. The van der Waals surface area contributed by atoms with Crippen molar-refractivity contribution in [2.24, 2.45) is 0 Å². The number of halogens is 3. The van der Waals surface area contributed by atoms with Crippen LogP contribution < -0.4 is 5.32 Å². The van der Waals surface area contributed by atoms with Crippen molar-refractivity contribution in [2.45, 2.75) is 81.3 Å². The molecule has 2 aliphatic carbocycles. The third kappa shape index (κ3) is 5.50. The number of thioether (sulfide) groups is 1. The highest BCUT2D eigenvalue weighted by Crippen LogP contribution is 2.42. The molecule has 1 aliphatic heterocycles. The fraction of sp³-hybridized carbons (Fsp3) is 0.583. The molecule has 4 rings (SSSR count). The average molecular weight is 467 g/mol. The molecular formula is C24H29F3N2O2S. The van der Waals surface area contributed by atoms with Gasteiger partial charge in [0.1, 0.15) is 6.54 Å². The van der Waals surface area contributed by atoms with Gasteiger partial charge in [0, 0.05) is 17.3 Å². The van der Waals surface area contributed by atoms with Crippen molar-refractivity contribution in [1.29, 1.82) is 0 Å². The molecule has 32 heavy (non-hydrogen) atoms. The summed E-state index contributed by atoms with van der Waals surface area (Å²) in [6.45, 7) is 0.0431. The number of fused-ring (bicyclic) bond motifs is 1. The Morgan fingerprint density at radius 3 is 2.38 bits per heavy atom. The van der Waals surface area contributed by atoms with Crippen LogP contribution in [0.1, 0.15) is 68.9 Å². The third-order valence-electron chi connectivity index (χ3n) is 6.64. The van der Waals surface area contributed by atoms with Gasteiger partial charge < -0.3 is 10.2 Å². The lowest BCUT2D eigenvalue weighted by Gasteiger charge is -2.44. The smallest absolute Gasteiger partial charge is 0.352 e. The fourth-order valence-electron chi connectivity index (χ4n) is 4.96. The second kappa shape index (κ2) is 9.89. The molecule has 1 heterocycles. The van der Waals surface area contributed by atoms with Gasteiger partial charge in [-0.15, -0.1) is 11.8 Å². The quantitative estimate of drug-likeness (QED) is 0.606. The van der Waals surface area contributed by atoms with Gasteiger partial charge in [0.2, 0.25) is 5.91 Å². The molecule has 2 saturated carbocycles. The van der Waals surface area contributed by atoms with Crippen LogP contribution in [-0.4, -0.2) is 40.6 Å². The molecular weight excluding hydrogens is 437 g/mol. The highest BCUT2D eigenvalue weighted by atomic mass is 32.2. The molecule has 0 spiro atoms. The molecule has 0 aromatic heterocycles. The minimum absolute atomic E-state index is 0.0307.